The minimum Gasteiger partial charge on any atom is -0.388 e. The lowest BCUT2D eigenvalue weighted by Crippen LogP contribution is -2.53. The minimum atomic E-state index is -0.847. The van der Waals surface area contributed by atoms with Crippen molar-refractivity contribution >= 4 is 39.9 Å². The average Bonchev–Trinajstić information content (AvgIpc) is 3.61. The van der Waals surface area contributed by atoms with Crippen molar-refractivity contribution in [2.24, 2.45) is 5.92 Å². The summed E-state index contributed by atoms with van der Waals surface area (Å²) in [5, 5.41) is 15.4. The summed E-state index contributed by atoms with van der Waals surface area (Å²) >= 11 is 7.88. The summed E-state index contributed by atoms with van der Waals surface area (Å²) in [5.74, 6) is -1.32. The van der Waals surface area contributed by atoms with Crippen LogP contribution in [0.2, 0.25) is 0 Å². The molecule has 0 saturated carbocycles. The number of nitrogens with zero attached hydrogens (tertiary/aromatic N) is 4. The fraction of sp³-hybridized carbons (Fsp3) is 0.593. The summed E-state index contributed by atoms with van der Waals surface area (Å²) < 4.78 is 20.8. The molecule has 2 N–H and O–H groups in total. The second kappa shape index (κ2) is 11.7. The number of aromatic nitrogens is 1. The third-order valence-corrected chi connectivity index (χ3v) is 8.93. The molecule has 4 heterocycles. The van der Waals surface area contributed by atoms with Gasteiger partial charge in [-0.2, -0.15) is 0 Å². The van der Waals surface area contributed by atoms with Gasteiger partial charge >= 0.3 is 0 Å². The number of anilines is 1. The number of hydrogen-bond acceptors (Lipinski definition) is 8. The number of alkyl halides is 1. The molecular formula is C27H35ClFN5O4S. The molecule has 2 aromatic rings. The molecule has 2 amide bonds. The zero-order valence-electron chi connectivity index (χ0n) is 22.3. The minimum absolute atomic E-state index is 0.104. The summed E-state index contributed by atoms with van der Waals surface area (Å²) in [6.07, 6.45) is -0.885. The van der Waals surface area contributed by atoms with Gasteiger partial charge in [0.25, 0.3) is 5.91 Å². The number of likely N-dealkylation sites (tertiary alicyclic amines) is 1. The van der Waals surface area contributed by atoms with E-state index in [9.17, 15) is 14.7 Å². The number of ether oxygens (including phenoxy) is 1. The molecule has 9 nitrogen and oxygen atoms in total. The Hall–Kier alpha value is -2.31. The third-order valence-electron chi connectivity index (χ3n) is 7.64. The quantitative estimate of drug-likeness (QED) is 0.486. The first kappa shape index (κ1) is 28.2. The van der Waals surface area contributed by atoms with Crippen LogP contribution < -0.4 is 10.2 Å². The van der Waals surface area contributed by atoms with Crippen LogP contribution in [0.3, 0.4) is 0 Å². The molecule has 0 aliphatic carbocycles. The molecule has 5 atom stereocenters. The number of fused-ring (bicyclic) bond motifs is 1. The first-order chi connectivity index (χ1) is 18.6. The number of aliphatic hydroxyl groups is 1. The summed E-state index contributed by atoms with van der Waals surface area (Å²) in [6.45, 7) is 7.90. The highest BCUT2D eigenvalue weighted by molar-refractivity contribution is 7.14. The number of rotatable bonds is 7. The number of amides is 2. The number of halogens is 2. The predicted molar refractivity (Wildman–Crippen MR) is 149 cm³/mol. The molecule has 3 fully saturated rings. The highest BCUT2D eigenvalue weighted by atomic mass is 35.5. The van der Waals surface area contributed by atoms with Crippen molar-refractivity contribution < 1.29 is 23.8 Å². The highest BCUT2D eigenvalue weighted by Gasteiger charge is 2.52. The Labute approximate surface area is 236 Å². The topological polar surface area (TPSA) is 98.2 Å². The van der Waals surface area contributed by atoms with E-state index in [1.807, 2.05) is 19.2 Å². The Kier molecular flexibility index (Phi) is 8.44. The molecule has 0 spiro atoms. The molecule has 3 saturated heterocycles. The van der Waals surface area contributed by atoms with Gasteiger partial charge in [-0.25, -0.2) is 9.37 Å². The van der Waals surface area contributed by atoms with Crippen LogP contribution in [0, 0.1) is 11.7 Å². The van der Waals surface area contributed by atoms with Gasteiger partial charge in [0.15, 0.2) is 5.13 Å². The Morgan fingerprint density at radius 2 is 2.03 bits per heavy atom. The number of carbonyl (C=O) groups excluding carboxylic acids is 2. The van der Waals surface area contributed by atoms with Gasteiger partial charge in [-0.3, -0.25) is 9.59 Å². The molecule has 5 rings (SSSR count). The van der Waals surface area contributed by atoms with Crippen molar-refractivity contribution in [3.8, 4) is 11.3 Å². The zero-order valence-corrected chi connectivity index (χ0v) is 23.9. The lowest BCUT2D eigenvalue weighted by atomic mass is 10.0. The average molecular weight is 580 g/mol. The first-order valence-corrected chi connectivity index (χ1v) is 14.7. The predicted octanol–water partition coefficient (Wildman–Crippen LogP) is 2.42. The number of piperazine rings is 1. The van der Waals surface area contributed by atoms with Crippen LogP contribution in [-0.4, -0.2) is 108 Å². The van der Waals surface area contributed by atoms with Gasteiger partial charge in [0.05, 0.1) is 29.8 Å². The molecule has 3 aliphatic heterocycles. The molecule has 12 heteroatoms. The van der Waals surface area contributed by atoms with E-state index in [0.29, 0.717) is 17.7 Å². The standard InChI is InChI=1S/C27H35ClFN5O4S/c1-15(2)10-20(26(37)34-12-18(28)24-23(34)22(35)13-38-24)30-25(36)16-4-5-17(19(29)11-16)21-14-39-27(31-21)33-8-6-32(3)7-9-33/h4-5,11,14-15,18,20,22-24,35H,6-10,12-13H2,1-3H3,(H,30,36)/t18-,20+,22-,23+,24-/m1/s1. The van der Waals surface area contributed by atoms with Crippen LogP contribution in [0.25, 0.3) is 11.3 Å². The molecule has 1 aromatic heterocycles. The molecule has 39 heavy (non-hydrogen) atoms. The maximum absolute atomic E-state index is 15.2. The maximum atomic E-state index is 15.2. The van der Waals surface area contributed by atoms with Gasteiger partial charge in [0.2, 0.25) is 5.91 Å². The molecule has 0 unspecified atom stereocenters. The number of thiazole rings is 1. The summed E-state index contributed by atoms with van der Waals surface area (Å²) in [7, 11) is 2.09. The smallest absolute Gasteiger partial charge is 0.252 e. The highest BCUT2D eigenvalue weighted by Crippen LogP contribution is 2.34. The van der Waals surface area contributed by atoms with Crippen molar-refractivity contribution in [1.29, 1.82) is 0 Å². The lowest BCUT2D eigenvalue weighted by Gasteiger charge is -2.32. The van der Waals surface area contributed by atoms with Gasteiger partial charge < -0.3 is 29.9 Å². The van der Waals surface area contributed by atoms with Gasteiger partial charge in [0, 0.05) is 49.2 Å². The van der Waals surface area contributed by atoms with Crippen molar-refractivity contribution in [2.75, 3.05) is 51.3 Å². The van der Waals surface area contributed by atoms with E-state index >= 15 is 4.39 Å². The zero-order chi connectivity index (χ0) is 27.8. The van der Waals surface area contributed by atoms with Crippen LogP contribution >= 0.6 is 22.9 Å². The molecular weight excluding hydrogens is 545 g/mol. The van der Waals surface area contributed by atoms with E-state index in [4.69, 9.17) is 16.3 Å². The van der Waals surface area contributed by atoms with Crippen LogP contribution in [0.4, 0.5) is 9.52 Å². The number of aliphatic hydroxyl groups excluding tert-OH is 1. The number of likely N-dealkylation sites (N-methyl/N-ethyl adjacent to an activating group) is 1. The molecule has 212 valence electrons. The van der Waals surface area contributed by atoms with E-state index in [1.54, 1.807) is 12.1 Å². The number of nitrogens with one attached hydrogen (secondary N) is 1. The molecule has 0 bridgehead atoms. The number of carbonyl (C=O) groups is 2. The summed E-state index contributed by atoms with van der Waals surface area (Å²) in [5.41, 5.74) is 0.971. The van der Waals surface area contributed by atoms with Gasteiger partial charge in [-0.1, -0.05) is 13.8 Å². The van der Waals surface area contributed by atoms with E-state index in [2.05, 4.69) is 27.1 Å². The van der Waals surface area contributed by atoms with Crippen LogP contribution in [-0.2, 0) is 9.53 Å². The number of benzene rings is 1. The van der Waals surface area contributed by atoms with Gasteiger partial charge in [0.1, 0.15) is 18.0 Å². The van der Waals surface area contributed by atoms with Crippen molar-refractivity contribution in [1.82, 2.24) is 20.1 Å². The molecule has 3 aliphatic rings. The van der Waals surface area contributed by atoms with Crippen molar-refractivity contribution in [3.05, 3.63) is 35.0 Å². The fourth-order valence-electron chi connectivity index (χ4n) is 5.51. The van der Waals surface area contributed by atoms with Crippen LogP contribution in [0.1, 0.15) is 30.6 Å². The molecule has 1 aromatic carbocycles. The Balaban J connectivity index is 1.29. The number of hydrogen-bond donors (Lipinski definition) is 2. The molecule has 0 radical (unpaired) electrons. The van der Waals surface area contributed by atoms with Crippen LogP contribution in [0.15, 0.2) is 23.6 Å². The van der Waals surface area contributed by atoms with Gasteiger partial charge in [-0.05, 0) is 37.6 Å². The fourth-order valence-corrected chi connectivity index (χ4v) is 6.76. The van der Waals surface area contributed by atoms with E-state index in [0.717, 1.165) is 31.3 Å². The van der Waals surface area contributed by atoms with Crippen LogP contribution in [0.5, 0.6) is 0 Å². The summed E-state index contributed by atoms with van der Waals surface area (Å²) in [4.78, 5) is 37.3. The largest absolute Gasteiger partial charge is 0.388 e. The van der Waals surface area contributed by atoms with E-state index < -0.39 is 41.4 Å². The third kappa shape index (κ3) is 5.92. The van der Waals surface area contributed by atoms with Gasteiger partial charge in [-0.15, -0.1) is 22.9 Å². The van der Waals surface area contributed by atoms with E-state index in [-0.39, 0.29) is 30.5 Å². The maximum Gasteiger partial charge on any atom is 0.252 e. The lowest BCUT2D eigenvalue weighted by molar-refractivity contribution is -0.136. The summed E-state index contributed by atoms with van der Waals surface area (Å²) in [6, 6.07) is 2.90. The second-order valence-electron chi connectivity index (χ2n) is 11.0. The Morgan fingerprint density at radius 1 is 1.28 bits per heavy atom. The Bertz CT molecular complexity index is 1210. The van der Waals surface area contributed by atoms with Crippen molar-refractivity contribution in [2.45, 2.75) is 49.9 Å². The SMILES string of the molecule is CC(C)C[C@H](NC(=O)c1ccc(-c2csc(N3CCN(C)CC3)n2)c(F)c1)C(=O)N1C[C@@H](Cl)[C@H]2OC[C@@H](O)[C@@H]21. The second-order valence-corrected chi connectivity index (χ2v) is 12.4. The Morgan fingerprint density at radius 3 is 2.72 bits per heavy atom. The normalized spacial score (nSPS) is 26.2. The monoisotopic (exact) mass is 579 g/mol. The first-order valence-electron chi connectivity index (χ1n) is 13.4. The van der Waals surface area contributed by atoms with E-state index in [1.165, 1.54) is 22.3 Å². The van der Waals surface area contributed by atoms with Crippen molar-refractivity contribution in [3.63, 3.8) is 0 Å².